The van der Waals surface area contributed by atoms with Crippen LogP contribution in [-0.4, -0.2) is 53.1 Å². The van der Waals surface area contributed by atoms with Crippen LogP contribution in [0.25, 0.3) is 0 Å². The van der Waals surface area contributed by atoms with Gasteiger partial charge in [0.05, 0.1) is 6.20 Å². The van der Waals surface area contributed by atoms with Gasteiger partial charge in [0.15, 0.2) is 6.10 Å². The predicted molar refractivity (Wildman–Crippen MR) is 96.8 cm³/mol. The molecule has 6 heteroatoms. The van der Waals surface area contributed by atoms with Crippen molar-refractivity contribution in [1.29, 1.82) is 0 Å². The summed E-state index contributed by atoms with van der Waals surface area (Å²) in [6, 6.07) is 5.91. The Morgan fingerprint density at radius 3 is 2.60 bits per heavy atom. The highest BCUT2D eigenvalue weighted by Crippen LogP contribution is 2.22. The summed E-state index contributed by atoms with van der Waals surface area (Å²) in [5.41, 5.74) is 2.24. The van der Waals surface area contributed by atoms with Crippen molar-refractivity contribution in [2.24, 2.45) is 0 Å². The molecule has 0 spiro atoms. The van der Waals surface area contributed by atoms with Crippen LogP contribution in [0.4, 0.5) is 5.82 Å². The summed E-state index contributed by atoms with van der Waals surface area (Å²) in [7, 11) is 0. The van der Waals surface area contributed by atoms with Gasteiger partial charge in [0.25, 0.3) is 5.91 Å². The van der Waals surface area contributed by atoms with Gasteiger partial charge in [0.1, 0.15) is 11.6 Å². The Kier molecular flexibility index (Phi) is 5.16. The van der Waals surface area contributed by atoms with Crippen molar-refractivity contribution in [1.82, 2.24) is 14.9 Å². The van der Waals surface area contributed by atoms with Gasteiger partial charge in [-0.2, -0.15) is 0 Å². The number of hydrogen-bond donors (Lipinski definition) is 0. The van der Waals surface area contributed by atoms with E-state index in [4.69, 9.17) is 4.74 Å². The number of rotatable bonds is 4. The third-order valence-corrected chi connectivity index (χ3v) is 4.67. The van der Waals surface area contributed by atoms with E-state index in [9.17, 15) is 4.79 Å². The molecular weight excluding hydrogens is 316 g/mol. The average Bonchev–Trinajstić information content (AvgIpc) is 2.65. The summed E-state index contributed by atoms with van der Waals surface area (Å²) in [4.78, 5) is 25.1. The molecule has 2 heterocycles. The van der Waals surface area contributed by atoms with E-state index < -0.39 is 6.10 Å². The van der Waals surface area contributed by atoms with Crippen LogP contribution in [0.5, 0.6) is 5.75 Å². The van der Waals surface area contributed by atoms with Gasteiger partial charge in [0.2, 0.25) is 0 Å². The fourth-order valence-electron chi connectivity index (χ4n) is 2.96. The molecule has 1 fully saturated rings. The zero-order valence-electron chi connectivity index (χ0n) is 15.0. The van der Waals surface area contributed by atoms with Crippen LogP contribution < -0.4 is 9.64 Å². The van der Waals surface area contributed by atoms with E-state index in [0.29, 0.717) is 13.1 Å². The topological polar surface area (TPSA) is 58.6 Å². The van der Waals surface area contributed by atoms with E-state index in [-0.39, 0.29) is 5.91 Å². The van der Waals surface area contributed by atoms with Crippen LogP contribution in [0.15, 0.2) is 36.8 Å². The third kappa shape index (κ3) is 3.90. The molecule has 1 atom stereocenters. The number of amides is 1. The van der Waals surface area contributed by atoms with E-state index in [1.165, 1.54) is 0 Å². The first-order valence-electron chi connectivity index (χ1n) is 8.59. The van der Waals surface area contributed by atoms with E-state index in [1.54, 1.807) is 18.6 Å². The van der Waals surface area contributed by atoms with E-state index >= 15 is 0 Å². The molecular formula is C19H24N4O2. The molecule has 0 bridgehead atoms. The molecule has 1 amide bonds. The van der Waals surface area contributed by atoms with Gasteiger partial charge in [-0.05, 0) is 38.0 Å². The summed E-state index contributed by atoms with van der Waals surface area (Å²) in [6.07, 6.45) is 4.61. The standard InChI is InChI=1S/C19H24N4O2/c1-14-5-4-6-17(15(14)2)25-16(3)19(24)23-11-9-22(10-12-23)18-13-20-7-8-21-18/h4-8,13,16H,9-12H2,1-3H3. The van der Waals surface area contributed by atoms with Crippen molar-refractivity contribution < 1.29 is 9.53 Å². The first-order chi connectivity index (χ1) is 12.1. The lowest BCUT2D eigenvalue weighted by Gasteiger charge is -2.36. The minimum atomic E-state index is -0.497. The van der Waals surface area contributed by atoms with E-state index in [0.717, 1.165) is 35.8 Å². The third-order valence-electron chi connectivity index (χ3n) is 4.67. The van der Waals surface area contributed by atoms with Gasteiger partial charge < -0.3 is 14.5 Å². The van der Waals surface area contributed by atoms with Crippen LogP contribution >= 0.6 is 0 Å². The number of ether oxygens (including phenoxy) is 1. The number of piperazine rings is 1. The number of aromatic nitrogens is 2. The van der Waals surface area contributed by atoms with Gasteiger partial charge in [-0.1, -0.05) is 12.1 Å². The molecule has 25 heavy (non-hydrogen) atoms. The predicted octanol–water partition coefficient (Wildman–Crippen LogP) is 2.21. The molecule has 0 N–H and O–H groups in total. The molecule has 2 aromatic rings. The normalized spacial score (nSPS) is 15.8. The SMILES string of the molecule is Cc1cccc(OC(C)C(=O)N2CCN(c3cnccn3)CC2)c1C. The lowest BCUT2D eigenvalue weighted by Crippen LogP contribution is -2.52. The monoisotopic (exact) mass is 340 g/mol. The zero-order chi connectivity index (χ0) is 17.8. The Morgan fingerprint density at radius 1 is 1.16 bits per heavy atom. The molecule has 0 aliphatic carbocycles. The quantitative estimate of drug-likeness (QED) is 0.854. The Balaban J connectivity index is 1.58. The molecule has 1 aromatic heterocycles. The molecule has 0 saturated carbocycles. The lowest BCUT2D eigenvalue weighted by atomic mass is 10.1. The van der Waals surface area contributed by atoms with Crippen molar-refractivity contribution in [3.05, 3.63) is 47.9 Å². The smallest absolute Gasteiger partial charge is 0.263 e. The molecule has 6 nitrogen and oxygen atoms in total. The Labute approximate surface area is 148 Å². The number of hydrogen-bond acceptors (Lipinski definition) is 5. The van der Waals surface area contributed by atoms with Crippen LogP contribution in [0.2, 0.25) is 0 Å². The van der Waals surface area contributed by atoms with Crippen LogP contribution in [0, 0.1) is 13.8 Å². The number of carbonyl (C=O) groups is 1. The molecule has 0 radical (unpaired) electrons. The largest absolute Gasteiger partial charge is 0.481 e. The molecule has 1 aromatic carbocycles. The van der Waals surface area contributed by atoms with E-state index in [1.807, 2.05) is 43.9 Å². The molecule has 1 saturated heterocycles. The summed E-state index contributed by atoms with van der Waals surface area (Å²) in [5, 5.41) is 0. The summed E-state index contributed by atoms with van der Waals surface area (Å²) >= 11 is 0. The molecule has 132 valence electrons. The molecule has 3 rings (SSSR count). The van der Waals surface area contributed by atoms with Crippen molar-refractivity contribution in [3.63, 3.8) is 0 Å². The maximum atomic E-state index is 12.7. The second kappa shape index (κ2) is 7.51. The number of carbonyl (C=O) groups excluding carboxylic acids is 1. The first kappa shape index (κ1) is 17.2. The average molecular weight is 340 g/mol. The molecule has 1 aliphatic heterocycles. The van der Waals surface area contributed by atoms with Gasteiger partial charge in [-0.3, -0.25) is 9.78 Å². The molecule has 1 aliphatic rings. The Morgan fingerprint density at radius 2 is 1.92 bits per heavy atom. The number of anilines is 1. The maximum absolute atomic E-state index is 12.7. The summed E-state index contributed by atoms with van der Waals surface area (Å²) in [6.45, 7) is 8.70. The van der Waals surface area contributed by atoms with Gasteiger partial charge >= 0.3 is 0 Å². The zero-order valence-corrected chi connectivity index (χ0v) is 15.0. The van der Waals surface area contributed by atoms with Gasteiger partial charge in [-0.15, -0.1) is 0 Å². The van der Waals surface area contributed by atoms with Crippen molar-refractivity contribution in [2.45, 2.75) is 26.9 Å². The molecule has 1 unspecified atom stereocenters. The van der Waals surface area contributed by atoms with Crippen molar-refractivity contribution in [2.75, 3.05) is 31.1 Å². The minimum absolute atomic E-state index is 0.0275. The number of aryl methyl sites for hydroxylation is 1. The fourth-order valence-corrected chi connectivity index (χ4v) is 2.96. The van der Waals surface area contributed by atoms with Crippen LogP contribution in [0.3, 0.4) is 0 Å². The summed E-state index contributed by atoms with van der Waals surface area (Å²) < 4.78 is 5.93. The van der Waals surface area contributed by atoms with Crippen molar-refractivity contribution in [3.8, 4) is 5.75 Å². The lowest BCUT2D eigenvalue weighted by molar-refractivity contribution is -0.138. The highest BCUT2D eigenvalue weighted by Gasteiger charge is 2.26. The maximum Gasteiger partial charge on any atom is 0.263 e. The number of nitrogens with zero attached hydrogens (tertiary/aromatic N) is 4. The second-order valence-electron chi connectivity index (χ2n) is 6.33. The summed E-state index contributed by atoms with van der Waals surface area (Å²) in [5.74, 6) is 1.66. The van der Waals surface area contributed by atoms with Gasteiger partial charge in [-0.25, -0.2) is 4.98 Å². The second-order valence-corrected chi connectivity index (χ2v) is 6.33. The van der Waals surface area contributed by atoms with Crippen LogP contribution in [0.1, 0.15) is 18.1 Å². The Hall–Kier alpha value is -2.63. The first-order valence-corrected chi connectivity index (χ1v) is 8.59. The van der Waals surface area contributed by atoms with Crippen molar-refractivity contribution >= 4 is 11.7 Å². The Bertz CT molecular complexity index is 727. The fraction of sp³-hybridized carbons (Fsp3) is 0.421. The van der Waals surface area contributed by atoms with Crippen LogP contribution in [-0.2, 0) is 4.79 Å². The highest BCUT2D eigenvalue weighted by molar-refractivity contribution is 5.81. The number of benzene rings is 1. The van der Waals surface area contributed by atoms with E-state index in [2.05, 4.69) is 14.9 Å². The van der Waals surface area contributed by atoms with Gasteiger partial charge in [0, 0.05) is 38.6 Å². The highest BCUT2D eigenvalue weighted by atomic mass is 16.5. The minimum Gasteiger partial charge on any atom is -0.481 e.